The Bertz CT molecular complexity index is 1400. The van der Waals surface area contributed by atoms with Crippen molar-refractivity contribution < 1.29 is 9.53 Å². The molecule has 4 rings (SSSR count). The van der Waals surface area contributed by atoms with Crippen LogP contribution in [0.4, 0.5) is 5.69 Å². The van der Waals surface area contributed by atoms with Gasteiger partial charge in [0.05, 0.1) is 7.11 Å². The van der Waals surface area contributed by atoms with E-state index in [2.05, 4.69) is 50.1 Å². The van der Waals surface area contributed by atoms with Crippen LogP contribution in [0.5, 0.6) is 5.75 Å². The molecular weight excluding hydrogens is 478 g/mol. The maximum absolute atomic E-state index is 12.9. The first-order chi connectivity index (χ1) is 16.0. The predicted octanol–water partition coefficient (Wildman–Crippen LogP) is 6.31. The van der Waals surface area contributed by atoms with E-state index in [4.69, 9.17) is 4.74 Å². The van der Waals surface area contributed by atoms with Gasteiger partial charge in [-0.3, -0.25) is 4.79 Å². The van der Waals surface area contributed by atoms with Crippen molar-refractivity contribution in [3.63, 3.8) is 0 Å². The number of nitrogens with one attached hydrogen (secondary N) is 1. The summed E-state index contributed by atoms with van der Waals surface area (Å²) in [6, 6.07) is 25.3. The summed E-state index contributed by atoms with van der Waals surface area (Å²) >= 11 is 3.48. The van der Waals surface area contributed by atoms with Gasteiger partial charge in [0, 0.05) is 44.9 Å². The van der Waals surface area contributed by atoms with Gasteiger partial charge in [-0.05, 0) is 48.9 Å². The van der Waals surface area contributed by atoms with E-state index < -0.39 is 5.91 Å². The molecule has 1 amide bonds. The quantitative estimate of drug-likeness (QED) is 0.249. The van der Waals surface area contributed by atoms with Crippen molar-refractivity contribution in [3.8, 4) is 11.8 Å². The molecule has 1 N–H and O–H groups in total. The summed E-state index contributed by atoms with van der Waals surface area (Å²) in [5.74, 6) is 0.164. The van der Waals surface area contributed by atoms with E-state index in [-0.39, 0.29) is 5.57 Å². The highest BCUT2D eigenvalue weighted by atomic mass is 79.9. The van der Waals surface area contributed by atoms with Crippen molar-refractivity contribution in [1.29, 1.82) is 5.26 Å². The first-order valence-electron chi connectivity index (χ1n) is 10.4. The molecule has 33 heavy (non-hydrogen) atoms. The van der Waals surface area contributed by atoms with Crippen molar-refractivity contribution in [3.05, 3.63) is 99.7 Å². The summed E-state index contributed by atoms with van der Waals surface area (Å²) in [6.07, 6.45) is 1.67. The number of benzene rings is 3. The third kappa shape index (κ3) is 4.84. The first kappa shape index (κ1) is 22.4. The Morgan fingerprint density at radius 1 is 1.12 bits per heavy atom. The summed E-state index contributed by atoms with van der Waals surface area (Å²) in [6.45, 7) is 2.70. The molecule has 0 aliphatic carbocycles. The Hall–Kier alpha value is -3.82. The second-order valence-electron chi connectivity index (χ2n) is 7.58. The van der Waals surface area contributed by atoms with Gasteiger partial charge in [0.2, 0.25) is 0 Å². The van der Waals surface area contributed by atoms with E-state index in [1.165, 1.54) is 0 Å². The first-order valence-corrected chi connectivity index (χ1v) is 11.2. The smallest absolute Gasteiger partial charge is 0.266 e. The highest BCUT2D eigenvalue weighted by Crippen LogP contribution is 2.29. The fourth-order valence-corrected chi connectivity index (χ4v) is 4.07. The molecule has 5 nitrogen and oxygen atoms in total. The van der Waals surface area contributed by atoms with Gasteiger partial charge in [-0.25, -0.2) is 0 Å². The number of para-hydroxylation sites is 1. The lowest BCUT2D eigenvalue weighted by molar-refractivity contribution is -0.112. The Balaban J connectivity index is 1.72. The Morgan fingerprint density at radius 3 is 2.61 bits per heavy atom. The zero-order valence-corrected chi connectivity index (χ0v) is 19.9. The fourth-order valence-electron chi connectivity index (χ4n) is 3.81. The molecule has 0 saturated carbocycles. The zero-order chi connectivity index (χ0) is 23.4. The lowest BCUT2D eigenvalue weighted by Crippen LogP contribution is -2.13. The summed E-state index contributed by atoms with van der Waals surface area (Å²) in [5, 5.41) is 13.5. The fraction of sp³-hybridized carbons (Fsp3) is 0.111. The van der Waals surface area contributed by atoms with Crippen LogP contribution in [0.1, 0.15) is 16.8 Å². The average Bonchev–Trinajstić information content (AvgIpc) is 3.09. The summed E-state index contributed by atoms with van der Waals surface area (Å²) in [5.41, 5.74) is 4.66. The number of ether oxygens (including phenoxy) is 1. The summed E-state index contributed by atoms with van der Waals surface area (Å²) < 4.78 is 8.44. The van der Waals surface area contributed by atoms with Gasteiger partial charge < -0.3 is 14.6 Å². The number of fused-ring (bicyclic) bond motifs is 1. The third-order valence-electron chi connectivity index (χ3n) is 5.51. The molecule has 0 unspecified atom stereocenters. The van der Waals surface area contributed by atoms with Gasteiger partial charge >= 0.3 is 0 Å². The Morgan fingerprint density at radius 2 is 1.88 bits per heavy atom. The molecule has 3 aromatic carbocycles. The maximum Gasteiger partial charge on any atom is 0.266 e. The molecule has 0 bridgehead atoms. The van der Waals surface area contributed by atoms with E-state index in [1.807, 2.05) is 37.3 Å². The average molecular weight is 500 g/mol. The number of aromatic nitrogens is 1. The number of halogens is 1. The number of hydrogen-bond donors (Lipinski definition) is 1. The number of carbonyl (C=O) groups excluding carboxylic acids is 1. The van der Waals surface area contributed by atoms with Crippen LogP contribution < -0.4 is 10.1 Å². The number of anilines is 1. The molecule has 0 radical (unpaired) electrons. The lowest BCUT2D eigenvalue weighted by atomic mass is 10.1. The highest BCUT2D eigenvalue weighted by Gasteiger charge is 2.16. The number of amides is 1. The largest absolute Gasteiger partial charge is 0.497 e. The number of nitriles is 1. The van der Waals surface area contributed by atoms with E-state index in [0.29, 0.717) is 18.0 Å². The van der Waals surface area contributed by atoms with Crippen molar-refractivity contribution in [1.82, 2.24) is 4.57 Å². The van der Waals surface area contributed by atoms with Crippen molar-refractivity contribution in [2.45, 2.75) is 13.5 Å². The molecule has 1 aromatic heterocycles. The molecule has 0 fully saturated rings. The molecule has 1 heterocycles. The van der Waals surface area contributed by atoms with Crippen LogP contribution >= 0.6 is 15.9 Å². The zero-order valence-electron chi connectivity index (χ0n) is 18.3. The number of rotatable bonds is 6. The number of hydrogen-bond acceptors (Lipinski definition) is 3. The van der Waals surface area contributed by atoms with Gasteiger partial charge in [-0.2, -0.15) is 5.26 Å². The van der Waals surface area contributed by atoms with Crippen LogP contribution in [0.25, 0.3) is 17.0 Å². The third-order valence-corrected chi connectivity index (χ3v) is 6.04. The molecule has 0 spiro atoms. The molecular formula is C27H22BrN3O2. The van der Waals surface area contributed by atoms with Crippen LogP contribution in [-0.4, -0.2) is 17.6 Å². The van der Waals surface area contributed by atoms with Crippen LogP contribution in [0, 0.1) is 18.3 Å². The monoisotopic (exact) mass is 499 g/mol. The van der Waals surface area contributed by atoms with E-state index in [9.17, 15) is 10.1 Å². The number of carbonyl (C=O) groups is 1. The maximum atomic E-state index is 12.9. The number of methoxy groups -OCH3 is 1. The van der Waals surface area contributed by atoms with Crippen molar-refractivity contribution >= 4 is 44.5 Å². The van der Waals surface area contributed by atoms with Gasteiger partial charge in [0.15, 0.2) is 0 Å². The van der Waals surface area contributed by atoms with Gasteiger partial charge in [-0.15, -0.1) is 0 Å². The van der Waals surface area contributed by atoms with Crippen LogP contribution in [0.2, 0.25) is 0 Å². The van der Waals surface area contributed by atoms with E-state index in [0.717, 1.165) is 32.2 Å². The SMILES string of the molecule is COc1cccc(NC(=O)/C(C#N)=C/c2c(C)n(Cc3ccc(Br)cc3)c3ccccc23)c1. The minimum Gasteiger partial charge on any atom is -0.497 e. The Labute approximate surface area is 201 Å². The lowest BCUT2D eigenvalue weighted by Gasteiger charge is -2.09. The molecule has 0 saturated heterocycles. The van der Waals surface area contributed by atoms with Crippen molar-refractivity contribution in [2.24, 2.45) is 0 Å². The summed E-state index contributed by atoms with van der Waals surface area (Å²) in [4.78, 5) is 12.9. The van der Waals surface area contributed by atoms with Crippen LogP contribution in [-0.2, 0) is 11.3 Å². The van der Waals surface area contributed by atoms with Gasteiger partial charge in [0.1, 0.15) is 17.4 Å². The summed E-state index contributed by atoms with van der Waals surface area (Å²) in [7, 11) is 1.56. The molecule has 4 aromatic rings. The van der Waals surface area contributed by atoms with Crippen molar-refractivity contribution in [2.75, 3.05) is 12.4 Å². The van der Waals surface area contributed by atoms with E-state index in [1.54, 1.807) is 37.5 Å². The van der Waals surface area contributed by atoms with E-state index >= 15 is 0 Å². The molecule has 0 atom stereocenters. The second kappa shape index (κ2) is 9.76. The minimum absolute atomic E-state index is 0.0347. The Kier molecular flexibility index (Phi) is 6.62. The van der Waals surface area contributed by atoms with Gasteiger partial charge in [0.25, 0.3) is 5.91 Å². The normalized spacial score (nSPS) is 11.3. The highest BCUT2D eigenvalue weighted by molar-refractivity contribution is 9.10. The minimum atomic E-state index is -0.463. The second-order valence-corrected chi connectivity index (χ2v) is 8.50. The molecule has 0 aliphatic heterocycles. The molecule has 164 valence electrons. The molecule has 0 aliphatic rings. The standard InChI is InChI=1S/C27H22BrN3O2/c1-18-25(14-20(16-29)27(32)30-22-6-5-7-23(15-22)33-2)24-8-3-4-9-26(24)31(18)17-19-10-12-21(28)13-11-19/h3-15H,17H2,1-2H3,(H,30,32)/b20-14+. The molecule has 6 heteroatoms. The topological polar surface area (TPSA) is 67.0 Å². The van der Waals surface area contributed by atoms with Crippen LogP contribution in [0.15, 0.2) is 82.8 Å². The number of nitrogens with zero attached hydrogens (tertiary/aromatic N) is 2. The van der Waals surface area contributed by atoms with Gasteiger partial charge in [-0.1, -0.05) is 52.3 Å². The predicted molar refractivity (Wildman–Crippen MR) is 135 cm³/mol. The van der Waals surface area contributed by atoms with Crippen LogP contribution in [0.3, 0.4) is 0 Å².